The largest absolute Gasteiger partial charge is 1.00 e. The van der Waals surface area contributed by atoms with Crippen molar-refractivity contribution in [1.29, 1.82) is 0 Å². The fraction of sp³-hybridized carbons (Fsp3) is 0. The predicted octanol–water partition coefficient (Wildman–Crippen LogP) is 6.79. The average Bonchev–Trinajstić information content (AvgIpc) is 2.92. The number of ether oxygens (including phenoxy) is 3. The number of rotatable bonds is 9. The first kappa shape index (κ1) is 28.8. The quantitative estimate of drug-likeness (QED) is 0.146. The molecule has 39 heavy (non-hydrogen) atoms. The van der Waals surface area contributed by atoms with E-state index in [0.29, 0.717) is 39.8 Å². The average molecular weight is 565 g/mol. The van der Waals surface area contributed by atoms with Gasteiger partial charge in [-0.3, -0.25) is 0 Å². The van der Waals surface area contributed by atoms with Crippen LogP contribution >= 0.6 is 31.8 Å². The molecule has 5 aromatic carbocycles. The molecule has 0 aliphatic rings. The fourth-order valence-electron chi connectivity index (χ4n) is 3.60. The Bertz CT molecular complexity index is 1470. The van der Waals surface area contributed by atoms with Gasteiger partial charge in [0.25, 0.3) is 0 Å². The van der Waals surface area contributed by atoms with Crippen molar-refractivity contribution in [3.8, 4) is 34.5 Å². The monoisotopic (exact) mass is 564 g/mol. The molecule has 0 aliphatic heterocycles. The molecule has 4 nitrogen and oxygen atoms in total. The van der Waals surface area contributed by atoms with E-state index in [1.54, 1.807) is 30.3 Å². The molecule has 0 amide bonds. The van der Waals surface area contributed by atoms with Gasteiger partial charge in [0, 0.05) is 23.2 Å². The molecule has 0 heterocycles. The number of benzene rings is 5. The summed E-state index contributed by atoms with van der Waals surface area (Å²) in [6, 6.07) is 36.4. The Balaban J connectivity index is 0.00000353. The molecule has 188 valence electrons. The van der Waals surface area contributed by atoms with Crippen molar-refractivity contribution >= 4 is 42.6 Å². The summed E-state index contributed by atoms with van der Waals surface area (Å²) in [6.45, 7) is 0. The molecule has 0 unspecified atom stereocenters. The number of carbonyl (C=O) groups excluding carboxylic acids is 1. The van der Waals surface area contributed by atoms with E-state index in [1.807, 2.05) is 91.0 Å². The third kappa shape index (κ3) is 7.46. The molecule has 0 atom stereocenters. The first-order chi connectivity index (χ1) is 18.6. The Labute approximate surface area is 250 Å². The fourth-order valence-corrected chi connectivity index (χ4v) is 5.30. The van der Waals surface area contributed by atoms with E-state index in [-0.39, 0.29) is 48.6 Å². The van der Waals surface area contributed by atoms with Gasteiger partial charge in [-0.2, -0.15) is 0 Å². The molecule has 0 radical (unpaired) electrons. The normalized spacial score (nSPS) is 10.6. The van der Waals surface area contributed by atoms with Gasteiger partial charge in [-0.25, -0.2) is 0 Å². The second-order valence-electron chi connectivity index (χ2n) is 8.03. The molecule has 0 aliphatic carbocycles. The van der Waals surface area contributed by atoms with E-state index in [1.165, 1.54) is 0 Å². The molecular formula is C31H20Cl2LiO4P. The second kappa shape index (κ2) is 13.7. The van der Waals surface area contributed by atoms with E-state index < -0.39 is 0 Å². The Kier molecular flexibility index (Phi) is 10.1. The van der Waals surface area contributed by atoms with Crippen LogP contribution in [0.15, 0.2) is 121 Å². The van der Waals surface area contributed by atoms with Crippen LogP contribution in [0.3, 0.4) is 0 Å². The van der Waals surface area contributed by atoms with Crippen molar-refractivity contribution in [3.63, 3.8) is 0 Å². The van der Waals surface area contributed by atoms with Gasteiger partial charge in [0.05, 0.1) is 10.0 Å². The molecule has 0 spiro atoms. The molecule has 8 heteroatoms. The van der Waals surface area contributed by atoms with E-state index in [0.717, 1.165) is 0 Å². The zero-order chi connectivity index (χ0) is 26.3. The maximum absolute atomic E-state index is 13.5. The van der Waals surface area contributed by atoms with Crippen molar-refractivity contribution in [3.05, 3.63) is 137 Å². The van der Waals surface area contributed by atoms with Gasteiger partial charge in [0.15, 0.2) is 0 Å². The van der Waals surface area contributed by atoms with Gasteiger partial charge in [0.1, 0.15) is 34.5 Å². The first-order valence-electron chi connectivity index (χ1n) is 11.6. The van der Waals surface area contributed by atoms with Gasteiger partial charge in [-0.05, 0) is 48.5 Å². The van der Waals surface area contributed by atoms with Crippen LogP contribution in [-0.2, 0) is 0 Å². The Morgan fingerprint density at radius 2 is 0.949 bits per heavy atom. The van der Waals surface area contributed by atoms with Gasteiger partial charge in [-0.1, -0.05) is 83.9 Å². The second-order valence-corrected chi connectivity index (χ2v) is 9.92. The van der Waals surface area contributed by atoms with Crippen molar-refractivity contribution in [2.24, 2.45) is 0 Å². The number of carbonyl (C=O) groups is 1. The number of halogens is 2. The molecule has 0 bridgehead atoms. The van der Waals surface area contributed by atoms with Gasteiger partial charge < -0.3 is 27.6 Å². The minimum Gasteiger partial charge on any atom is -0.459 e. The predicted molar refractivity (Wildman–Crippen MR) is 153 cm³/mol. The minimum absolute atomic E-state index is 0. The maximum Gasteiger partial charge on any atom is 1.00 e. The van der Waals surface area contributed by atoms with Crippen LogP contribution in [0.2, 0.25) is 10.0 Å². The SMILES string of the molecule is O=C([P-]c1c(Oc2ccccc2)cc(Oc2ccccc2)cc1Oc1ccccc1)c1c(Cl)cccc1Cl.[Li+]. The van der Waals surface area contributed by atoms with Crippen molar-refractivity contribution in [1.82, 2.24) is 0 Å². The van der Waals surface area contributed by atoms with Gasteiger partial charge >= 0.3 is 18.9 Å². The summed E-state index contributed by atoms with van der Waals surface area (Å²) in [4.78, 5) is 13.5. The zero-order valence-corrected chi connectivity index (χ0v) is 23.3. The molecule has 0 saturated heterocycles. The van der Waals surface area contributed by atoms with Crippen molar-refractivity contribution < 1.29 is 37.9 Å². The summed E-state index contributed by atoms with van der Waals surface area (Å²) in [6.07, 6.45) is 0. The molecular weight excluding hydrogens is 545 g/mol. The Hall–Kier alpha value is -3.22. The smallest absolute Gasteiger partial charge is 0.459 e. The van der Waals surface area contributed by atoms with Crippen LogP contribution in [0, 0.1) is 0 Å². The zero-order valence-electron chi connectivity index (χ0n) is 20.9. The Morgan fingerprint density at radius 1 is 0.538 bits per heavy atom. The third-order valence-electron chi connectivity index (χ3n) is 5.32. The summed E-state index contributed by atoms with van der Waals surface area (Å²) in [5.74, 6) is 3.11. The van der Waals surface area contributed by atoms with Crippen LogP contribution in [0.4, 0.5) is 0 Å². The molecule has 0 fully saturated rings. The van der Waals surface area contributed by atoms with Crippen LogP contribution in [-0.4, -0.2) is 5.52 Å². The minimum atomic E-state index is -0.298. The molecule has 5 rings (SSSR count). The molecule has 0 N–H and O–H groups in total. The third-order valence-corrected chi connectivity index (χ3v) is 7.05. The van der Waals surface area contributed by atoms with Gasteiger partial charge in [-0.15, -0.1) is 5.30 Å². The summed E-state index contributed by atoms with van der Waals surface area (Å²) in [5.41, 5.74) is -0.0633. The van der Waals surface area contributed by atoms with Crippen LogP contribution < -0.4 is 38.4 Å². The van der Waals surface area contributed by atoms with Crippen LogP contribution in [0.1, 0.15) is 10.4 Å². The van der Waals surface area contributed by atoms with E-state index in [2.05, 4.69) is 0 Å². The summed E-state index contributed by atoms with van der Waals surface area (Å²) < 4.78 is 18.7. The van der Waals surface area contributed by atoms with E-state index in [9.17, 15) is 4.79 Å². The van der Waals surface area contributed by atoms with Crippen LogP contribution in [0.25, 0.3) is 0 Å². The number of para-hydroxylation sites is 3. The molecule has 0 saturated carbocycles. The number of hydrogen-bond acceptors (Lipinski definition) is 4. The van der Waals surface area contributed by atoms with Crippen molar-refractivity contribution in [2.45, 2.75) is 0 Å². The van der Waals surface area contributed by atoms with E-state index >= 15 is 0 Å². The molecule has 5 aromatic rings. The standard InChI is InChI=1S/C31H20Cl2O4P.Li/c32-25-17-10-18-26(33)29(25)31(34)38-30-27(36-22-13-6-2-7-14-22)19-24(35-21-11-4-1-5-12-21)20-28(30)37-23-15-8-3-9-16-23;/h1-20H;/q-1;+1. The first-order valence-corrected chi connectivity index (χ1v) is 13.3. The van der Waals surface area contributed by atoms with Gasteiger partial charge in [0.2, 0.25) is 0 Å². The summed E-state index contributed by atoms with van der Waals surface area (Å²) in [7, 11) is 0.259. The van der Waals surface area contributed by atoms with Crippen molar-refractivity contribution in [2.75, 3.05) is 0 Å². The maximum atomic E-state index is 13.5. The molecule has 0 aromatic heterocycles. The Morgan fingerprint density at radius 3 is 1.38 bits per heavy atom. The summed E-state index contributed by atoms with van der Waals surface area (Å²) in [5, 5.41) is 1.05. The van der Waals surface area contributed by atoms with E-state index in [4.69, 9.17) is 37.4 Å². The summed E-state index contributed by atoms with van der Waals surface area (Å²) >= 11 is 12.7. The topological polar surface area (TPSA) is 44.8 Å². The number of hydrogen-bond donors (Lipinski definition) is 0. The van der Waals surface area contributed by atoms with Crippen LogP contribution in [0.5, 0.6) is 34.5 Å².